The molecule has 0 aromatic carbocycles. The SMILES string of the molecule is CC1(CCl)CC(S(=O)(=O)Cc2c(C(F)(F)F)nn(C(F)F)c2Cl)=NO1. The third-order valence-electron chi connectivity index (χ3n) is 3.27. The molecule has 1 aliphatic rings. The number of oxime groups is 1. The van der Waals surface area contributed by atoms with Gasteiger partial charge in [-0.05, 0) is 6.92 Å². The highest BCUT2D eigenvalue weighted by Gasteiger charge is 2.44. The Bertz CT molecular complexity index is 809. The van der Waals surface area contributed by atoms with E-state index in [9.17, 15) is 30.4 Å². The van der Waals surface area contributed by atoms with Gasteiger partial charge < -0.3 is 4.84 Å². The van der Waals surface area contributed by atoms with Crippen LogP contribution in [0.5, 0.6) is 0 Å². The molecule has 0 spiro atoms. The van der Waals surface area contributed by atoms with Crippen LogP contribution in [-0.2, 0) is 26.6 Å². The summed E-state index contributed by atoms with van der Waals surface area (Å²) in [6, 6.07) is 0. The van der Waals surface area contributed by atoms with E-state index in [-0.39, 0.29) is 12.3 Å². The van der Waals surface area contributed by atoms with Gasteiger partial charge in [-0.15, -0.1) is 11.6 Å². The van der Waals surface area contributed by atoms with Crippen molar-refractivity contribution in [1.29, 1.82) is 0 Å². The van der Waals surface area contributed by atoms with Gasteiger partial charge in [-0.2, -0.15) is 31.7 Å². The predicted octanol–water partition coefficient (Wildman–Crippen LogP) is 3.60. The average Bonchev–Trinajstić information content (AvgIpc) is 3.02. The Morgan fingerprint density at radius 1 is 1.40 bits per heavy atom. The van der Waals surface area contributed by atoms with Gasteiger partial charge in [0.25, 0.3) is 0 Å². The third kappa shape index (κ3) is 4.00. The first kappa shape index (κ1) is 20.2. The Balaban J connectivity index is 2.43. The normalized spacial score (nSPS) is 21.6. The number of hydrogen-bond donors (Lipinski definition) is 0. The standard InChI is InChI=1S/C11H10Cl2F5N3O3S/c1-10(4-12)2-6(20-24-10)25(22,23)3-5-7(11(16,17)18)19-21(8(5)13)9(14)15/h9H,2-4H2,1H3. The average molecular weight is 430 g/mol. The van der Waals surface area contributed by atoms with E-state index in [0.717, 1.165) is 0 Å². The third-order valence-corrected chi connectivity index (χ3v) is 5.84. The van der Waals surface area contributed by atoms with Gasteiger partial charge in [0.2, 0.25) is 0 Å². The van der Waals surface area contributed by atoms with Crippen LogP contribution in [0.3, 0.4) is 0 Å². The number of aromatic nitrogens is 2. The van der Waals surface area contributed by atoms with Crippen molar-refractivity contribution in [2.45, 2.75) is 37.4 Å². The number of halogens is 7. The molecule has 1 aromatic heterocycles. The van der Waals surface area contributed by atoms with Gasteiger partial charge in [0.1, 0.15) is 5.15 Å². The highest BCUT2D eigenvalue weighted by atomic mass is 35.5. The van der Waals surface area contributed by atoms with E-state index in [0.29, 0.717) is 0 Å². The van der Waals surface area contributed by atoms with E-state index >= 15 is 0 Å². The highest BCUT2D eigenvalue weighted by molar-refractivity contribution is 8.05. The van der Waals surface area contributed by atoms with Gasteiger partial charge >= 0.3 is 12.7 Å². The molecule has 0 fully saturated rings. The van der Waals surface area contributed by atoms with Crippen LogP contribution in [0.4, 0.5) is 22.0 Å². The molecule has 0 aliphatic carbocycles. The zero-order valence-corrected chi connectivity index (χ0v) is 14.6. The summed E-state index contributed by atoms with van der Waals surface area (Å²) in [6.07, 6.45) is -5.45. The molecule has 2 rings (SSSR count). The molecular weight excluding hydrogens is 420 g/mol. The van der Waals surface area contributed by atoms with Crippen molar-refractivity contribution in [2.75, 3.05) is 5.88 Å². The first-order chi connectivity index (χ1) is 11.3. The second-order valence-electron chi connectivity index (χ2n) is 5.43. The van der Waals surface area contributed by atoms with Crippen LogP contribution in [0, 0.1) is 0 Å². The molecular formula is C11H10Cl2F5N3O3S. The summed E-state index contributed by atoms with van der Waals surface area (Å²) >= 11 is 11.1. The summed E-state index contributed by atoms with van der Waals surface area (Å²) in [5.74, 6) is -1.43. The van der Waals surface area contributed by atoms with Crippen LogP contribution in [0.2, 0.25) is 5.15 Å². The van der Waals surface area contributed by atoms with E-state index in [1.54, 1.807) is 0 Å². The summed E-state index contributed by atoms with van der Waals surface area (Å²) in [7, 11) is -4.43. The lowest BCUT2D eigenvalue weighted by atomic mass is 10.1. The number of hydrogen-bond acceptors (Lipinski definition) is 5. The molecule has 0 N–H and O–H groups in total. The van der Waals surface area contributed by atoms with Crippen LogP contribution in [-0.4, -0.2) is 34.7 Å². The molecule has 14 heteroatoms. The minimum absolute atomic E-state index is 0.118. The first-order valence-corrected chi connectivity index (χ1v) is 9.03. The molecule has 1 aromatic rings. The van der Waals surface area contributed by atoms with Crippen LogP contribution >= 0.6 is 23.2 Å². The maximum atomic E-state index is 13.0. The molecule has 0 bridgehead atoms. The van der Waals surface area contributed by atoms with Crippen molar-refractivity contribution in [2.24, 2.45) is 5.16 Å². The van der Waals surface area contributed by atoms with Crippen molar-refractivity contribution >= 4 is 38.1 Å². The summed E-state index contributed by atoms with van der Waals surface area (Å²) in [5, 5.41) is 4.35. The quantitative estimate of drug-likeness (QED) is 0.541. The smallest absolute Gasteiger partial charge is 0.387 e. The molecule has 0 amide bonds. The van der Waals surface area contributed by atoms with Gasteiger partial charge in [0.15, 0.2) is 26.2 Å². The second-order valence-corrected chi connectivity index (χ2v) is 8.05. The van der Waals surface area contributed by atoms with Crippen LogP contribution in [0.25, 0.3) is 0 Å². The van der Waals surface area contributed by atoms with Gasteiger partial charge in [0.05, 0.1) is 11.6 Å². The Kier molecular flexibility index (Phi) is 5.28. The van der Waals surface area contributed by atoms with Crippen LogP contribution < -0.4 is 0 Å². The molecule has 6 nitrogen and oxygen atoms in total. The molecule has 0 saturated carbocycles. The molecule has 0 saturated heterocycles. The maximum Gasteiger partial charge on any atom is 0.435 e. The van der Waals surface area contributed by atoms with Crippen LogP contribution in [0.1, 0.15) is 31.2 Å². The fourth-order valence-corrected chi connectivity index (χ4v) is 3.98. The number of rotatable bonds is 4. The van der Waals surface area contributed by atoms with Gasteiger partial charge in [0, 0.05) is 12.0 Å². The lowest BCUT2D eigenvalue weighted by molar-refractivity contribution is -0.142. The van der Waals surface area contributed by atoms with Crippen molar-refractivity contribution < 1.29 is 35.2 Å². The van der Waals surface area contributed by atoms with Gasteiger partial charge in [-0.25, -0.2) is 8.42 Å². The van der Waals surface area contributed by atoms with E-state index < -0.39 is 60.1 Å². The highest BCUT2D eigenvalue weighted by Crippen LogP contribution is 2.38. The topological polar surface area (TPSA) is 73.5 Å². The van der Waals surface area contributed by atoms with E-state index in [1.807, 2.05) is 0 Å². The van der Waals surface area contributed by atoms with Crippen molar-refractivity contribution in [3.05, 3.63) is 16.4 Å². The molecule has 1 unspecified atom stereocenters. The minimum atomic E-state index is -5.17. The lowest BCUT2D eigenvalue weighted by Crippen LogP contribution is -2.29. The monoisotopic (exact) mass is 429 g/mol. The number of nitrogens with zero attached hydrogens (tertiary/aromatic N) is 3. The van der Waals surface area contributed by atoms with E-state index in [1.165, 1.54) is 6.92 Å². The van der Waals surface area contributed by atoms with E-state index in [2.05, 4.69) is 10.3 Å². The zero-order chi connectivity index (χ0) is 19.2. The molecule has 1 aliphatic heterocycles. The summed E-state index contributed by atoms with van der Waals surface area (Å²) in [6.45, 7) is -2.02. The largest absolute Gasteiger partial charge is 0.435 e. The van der Waals surface area contributed by atoms with Crippen molar-refractivity contribution in [3.8, 4) is 0 Å². The van der Waals surface area contributed by atoms with Crippen molar-refractivity contribution in [3.63, 3.8) is 0 Å². The Morgan fingerprint density at radius 3 is 2.44 bits per heavy atom. The molecule has 0 radical (unpaired) electrons. The second kappa shape index (κ2) is 6.54. The van der Waals surface area contributed by atoms with Gasteiger partial charge in [-0.3, -0.25) is 0 Å². The van der Waals surface area contributed by atoms with Crippen LogP contribution in [0.15, 0.2) is 5.16 Å². The first-order valence-electron chi connectivity index (χ1n) is 6.47. The Morgan fingerprint density at radius 2 is 2.00 bits per heavy atom. The minimum Gasteiger partial charge on any atom is -0.387 e. The molecule has 25 heavy (non-hydrogen) atoms. The zero-order valence-electron chi connectivity index (χ0n) is 12.3. The van der Waals surface area contributed by atoms with Crippen molar-refractivity contribution in [1.82, 2.24) is 9.78 Å². The van der Waals surface area contributed by atoms with E-state index in [4.69, 9.17) is 28.0 Å². The Hall–Kier alpha value is -1.14. The lowest BCUT2D eigenvalue weighted by Gasteiger charge is -2.16. The molecule has 1 atom stereocenters. The fraction of sp³-hybridized carbons (Fsp3) is 0.636. The maximum absolute atomic E-state index is 13.0. The summed E-state index contributed by atoms with van der Waals surface area (Å²) in [4.78, 5) is 4.88. The fourth-order valence-electron chi connectivity index (χ4n) is 1.99. The predicted molar refractivity (Wildman–Crippen MR) is 78.4 cm³/mol. The van der Waals surface area contributed by atoms with Gasteiger partial charge in [-0.1, -0.05) is 16.8 Å². The summed E-state index contributed by atoms with van der Waals surface area (Å²) < 4.78 is 88.7. The molecule has 142 valence electrons. The number of alkyl halides is 6. The summed E-state index contributed by atoms with van der Waals surface area (Å²) in [5.41, 5.74) is -4.02. The Labute approximate surface area is 148 Å². The number of sulfone groups is 1. The molecule has 2 heterocycles.